The number of hydrogen-bond donors (Lipinski definition) is 1. The van der Waals surface area contributed by atoms with E-state index in [9.17, 15) is 4.79 Å². The van der Waals surface area contributed by atoms with Crippen LogP contribution in [0.15, 0.2) is 60.8 Å². The lowest BCUT2D eigenvalue weighted by atomic mass is 9.96. The summed E-state index contributed by atoms with van der Waals surface area (Å²) in [5.41, 5.74) is 3.99. The average molecular weight is 279 g/mol. The molecule has 0 unspecified atom stereocenters. The predicted octanol–water partition coefficient (Wildman–Crippen LogP) is 3.62. The lowest BCUT2D eigenvalue weighted by Gasteiger charge is -2.09. The smallest absolute Gasteiger partial charge is 0.169 e. The molecular formula is C19H21NO. The number of ketones is 1. The molecule has 0 aliphatic rings. The van der Waals surface area contributed by atoms with Crippen LogP contribution in [0.1, 0.15) is 23.6 Å². The summed E-state index contributed by atoms with van der Waals surface area (Å²) in [4.78, 5) is 12.6. The summed E-state index contributed by atoms with van der Waals surface area (Å²) < 4.78 is 0. The van der Waals surface area contributed by atoms with E-state index in [0.717, 1.165) is 23.1 Å². The molecule has 2 heteroatoms. The summed E-state index contributed by atoms with van der Waals surface area (Å²) in [6.07, 6.45) is 3.18. The van der Waals surface area contributed by atoms with E-state index in [0.29, 0.717) is 6.42 Å². The van der Waals surface area contributed by atoms with Gasteiger partial charge in [-0.25, -0.2) is 0 Å². The summed E-state index contributed by atoms with van der Waals surface area (Å²) in [7, 11) is 1.82. The second-order valence-corrected chi connectivity index (χ2v) is 4.99. The SMILES string of the molecule is CCc1cccc(C(=CNC)C(=O)Cc2ccccc2)c1. The highest BCUT2D eigenvalue weighted by Crippen LogP contribution is 2.19. The maximum absolute atomic E-state index is 12.6. The molecule has 0 aliphatic carbocycles. The molecule has 0 aromatic heterocycles. The number of carbonyl (C=O) groups is 1. The molecule has 0 aliphatic heterocycles. The van der Waals surface area contributed by atoms with Crippen molar-refractivity contribution in [3.05, 3.63) is 77.5 Å². The fraction of sp³-hybridized carbons (Fsp3) is 0.211. The molecule has 0 spiro atoms. The number of rotatable bonds is 6. The zero-order valence-corrected chi connectivity index (χ0v) is 12.6. The summed E-state index contributed by atoms with van der Waals surface area (Å²) in [6, 6.07) is 18.0. The van der Waals surface area contributed by atoms with E-state index >= 15 is 0 Å². The Morgan fingerprint density at radius 2 is 1.76 bits per heavy atom. The summed E-state index contributed by atoms with van der Waals surface area (Å²) in [6.45, 7) is 2.12. The van der Waals surface area contributed by atoms with Crippen molar-refractivity contribution in [3.8, 4) is 0 Å². The van der Waals surface area contributed by atoms with E-state index in [1.807, 2.05) is 49.5 Å². The molecule has 1 N–H and O–H groups in total. The highest BCUT2D eigenvalue weighted by Gasteiger charge is 2.13. The van der Waals surface area contributed by atoms with Crippen molar-refractivity contribution in [1.29, 1.82) is 0 Å². The standard InChI is InChI=1S/C19H21NO/c1-3-15-10-7-11-17(12-15)18(14-20-2)19(21)13-16-8-5-4-6-9-16/h4-12,14,20H,3,13H2,1-2H3. The Balaban J connectivity index is 2.26. The first-order chi connectivity index (χ1) is 10.2. The van der Waals surface area contributed by atoms with Gasteiger partial charge in [0.2, 0.25) is 0 Å². The van der Waals surface area contributed by atoms with Crippen LogP contribution in [0.2, 0.25) is 0 Å². The van der Waals surface area contributed by atoms with Gasteiger partial charge in [-0.05, 0) is 23.1 Å². The van der Waals surface area contributed by atoms with Gasteiger partial charge in [0, 0.05) is 25.2 Å². The molecule has 0 heterocycles. The number of nitrogens with one attached hydrogen (secondary N) is 1. The minimum absolute atomic E-state index is 0.129. The predicted molar refractivity (Wildman–Crippen MR) is 88.0 cm³/mol. The van der Waals surface area contributed by atoms with Crippen molar-refractivity contribution in [1.82, 2.24) is 5.32 Å². The van der Waals surface area contributed by atoms with Crippen molar-refractivity contribution < 1.29 is 4.79 Å². The first-order valence-corrected chi connectivity index (χ1v) is 7.28. The zero-order chi connectivity index (χ0) is 15.1. The van der Waals surface area contributed by atoms with E-state index in [1.165, 1.54) is 5.56 Å². The first-order valence-electron chi connectivity index (χ1n) is 7.28. The van der Waals surface area contributed by atoms with E-state index in [-0.39, 0.29) is 5.78 Å². The molecule has 2 rings (SSSR count). The van der Waals surface area contributed by atoms with Gasteiger partial charge in [0.25, 0.3) is 0 Å². The Morgan fingerprint density at radius 1 is 1.05 bits per heavy atom. The number of hydrogen-bond acceptors (Lipinski definition) is 2. The third-order valence-electron chi connectivity index (χ3n) is 3.44. The highest BCUT2D eigenvalue weighted by molar-refractivity contribution is 6.21. The molecule has 2 nitrogen and oxygen atoms in total. The lowest BCUT2D eigenvalue weighted by Crippen LogP contribution is -2.09. The molecule has 2 aromatic carbocycles. The fourth-order valence-corrected chi connectivity index (χ4v) is 2.30. The largest absolute Gasteiger partial charge is 0.393 e. The first kappa shape index (κ1) is 15.0. The van der Waals surface area contributed by atoms with Gasteiger partial charge in [-0.3, -0.25) is 4.79 Å². The Labute approximate surface area is 126 Å². The van der Waals surface area contributed by atoms with Crippen LogP contribution in [0, 0.1) is 0 Å². The van der Waals surface area contributed by atoms with Crippen LogP contribution >= 0.6 is 0 Å². The monoisotopic (exact) mass is 279 g/mol. The van der Waals surface area contributed by atoms with E-state index < -0.39 is 0 Å². The Bertz CT molecular complexity index is 629. The van der Waals surface area contributed by atoms with Crippen LogP contribution < -0.4 is 5.32 Å². The van der Waals surface area contributed by atoms with Crippen LogP contribution in [0.4, 0.5) is 0 Å². The molecule has 0 saturated heterocycles. The van der Waals surface area contributed by atoms with Crippen molar-refractivity contribution in [2.75, 3.05) is 7.05 Å². The number of Topliss-reactive ketones (excluding diaryl/α,β-unsaturated/α-hetero) is 1. The molecule has 0 atom stereocenters. The fourth-order valence-electron chi connectivity index (χ4n) is 2.30. The molecule has 0 fully saturated rings. The maximum Gasteiger partial charge on any atom is 0.169 e. The van der Waals surface area contributed by atoms with E-state index in [2.05, 4.69) is 24.4 Å². The van der Waals surface area contributed by atoms with Crippen molar-refractivity contribution >= 4 is 11.4 Å². The molecule has 0 amide bonds. The summed E-state index contributed by atoms with van der Waals surface area (Å²) >= 11 is 0. The van der Waals surface area contributed by atoms with E-state index in [1.54, 1.807) is 6.20 Å². The van der Waals surface area contributed by atoms with Gasteiger partial charge in [-0.15, -0.1) is 0 Å². The number of aryl methyl sites for hydroxylation is 1. The van der Waals surface area contributed by atoms with Crippen LogP contribution in [-0.2, 0) is 17.6 Å². The zero-order valence-electron chi connectivity index (χ0n) is 12.6. The number of benzene rings is 2. The molecule has 0 saturated carbocycles. The van der Waals surface area contributed by atoms with Gasteiger partial charge in [-0.2, -0.15) is 0 Å². The second kappa shape index (κ2) is 7.44. The Hall–Kier alpha value is -2.35. The van der Waals surface area contributed by atoms with Crippen molar-refractivity contribution in [3.63, 3.8) is 0 Å². The molecule has 108 valence electrons. The summed E-state index contributed by atoms with van der Waals surface area (Å²) in [5, 5.41) is 2.99. The molecule has 0 radical (unpaired) electrons. The topological polar surface area (TPSA) is 29.1 Å². The Morgan fingerprint density at radius 3 is 2.43 bits per heavy atom. The van der Waals surface area contributed by atoms with Crippen LogP contribution in [-0.4, -0.2) is 12.8 Å². The normalized spacial score (nSPS) is 11.2. The molecule has 21 heavy (non-hydrogen) atoms. The lowest BCUT2D eigenvalue weighted by molar-refractivity contribution is -0.113. The molecule has 2 aromatic rings. The number of allylic oxidation sites excluding steroid dienone is 1. The van der Waals surface area contributed by atoms with Gasteiger partial charge in [0.1, 0.15) is 0 Å². The van der Waals surface area contributed by atoms with Crippen LogP contribution in [0.3, 0.4) is 0 Å². The van der Waals surface area contributed by atoms with Gasteiger partial charge in [0.15, 0.2) is 5.78 Å². The quantitative estimate of drug-likeness (QED) is 0.818. The third-order valence-corrected chi connectivity index (χ3v) is 3.44. The minimum Gasteiger partial charge on any atom is -0.393 e. The minimum atomic E-state index is 0.129. The van der Waals surface area contributed by atoms with Crippen molar-refractivity contribution in [2.24, 2.45) is 0 Å². The summed E-state index contributed by atoms with van der Waals surface area (Å²) in [5.74, 6) is 0.129. The van der Waals surface area contributed by atoms with Gasteiger partial charge in [0.05, 0.1) is 0 Å². The third kappa shape index (κ3) is 4.06. The molecular weight excluding hydrogens is 258 g/mol. The van der Waals surface area contributed by atoms with Gasteiger partial charge >= 0.3 is 0 Å². The molecule has 0 bridgehead atoms. The van der Waals surface area contributed by atoms with Gasteiger partial charge < -0.3 is 5.32 Å². The maximum atomic E-state index is 12.6. The van der Waals surface area contributed by atoms with Crippen LogP contribution in [0.5, 0.6) is 0 Å². The highest BCUT2D eigenvalue weighted by atomic mass is 16.1. The number of carbonyl (C=O) groups excluding carboxylic acids is 1. The van der Waals surface area contributed by atoms with E-state index in [4.69, 9.17) is 0 Å². The van der Waals surface area contributed by atoms with Crippen LogP contribution in [0.25, 0.3) is 5.57 Å². The van der Waals surface area contributed by atoms with Gasteiger partial charge in [-0.1, -0.05) is 61.5 Å². The van der Waals surface area contributed by atoms with Crippen molar-refractivity contribution in [2.45, 2.75) is 19.8 Å². The Kier molecular flexibility index (Phi) is 5.33. The average Bonchev–Trinajstić information content (AvgIpc) is 2.53. The second-order valence-electron chi connectivity index (χ2n) is 4.99.